The number of fused-ring (bicyclic) bond motifs is 1. The highest BCUT2D eigenvalue weighted by atomic mass is 32.1. The second-order valence-electron chi connectivity index (χ2n) is 5.33. The Kier molecular flexibility index (Phi) is 5.60. The van der Waals surface area contributed by atoms with Gasteiger partial charge in [-0.05, 0) is 13.8 Å². The minimum atomic E-state index is 0.693. The first kappa shape index (κ1) is 17.8. The Morgan fingerprint density at radius 1 is 1.08 bits per heavy atom. The number of anilines is 2. The monoisotopic (exact) mass is 378 g/mol. The van der Waals surface area contributed by atoms with Gasteiger partial charge in [0.05, 0.1) is 31.0 Å². The summed E-state index contributed by atoms with van der Waals surface area (Å²) in [6, 6.07) is 3.86. The lowest BCUT2D eigenvalue weighted by Crippen LogP contribution is -2.21. The van der Waals surface area contributed by atoms with E-state index in [2.05, 4.69) is 34.0 Å². The molecule has 25 heavy (non-hydrogen) atoms. The number of aromatic nitrogens is 2. The molecule has 134 valence electrons. The van der Waals surface area contributed by atoms with Crippen molar-refractivity contribution in [3.8, 4) is 11.5 Å². The average Bonchev–Trinajstić information content (AvgIpc) is 3.26. The summed E-state index contributed by atoms with van der Waals surface area (Å²) in [5.41, 5.74) is 0.901. The van der Waals surface area contributed by atoms with E-state index in [1.807, 2.05) is 18.3 Å². The van der Waals surface area contributed by atoms with Crippen molar-refractivity contribution < 1.29 is 9.47 Å². The smallest absolute Gasteiger partial charge is 0.185 e. The Labute approximate surface area is 155 Å². The summed E-state index contributed by atoms with van der Waals surface area (Å²) >= 11 is 3.32. The normalized spacial score (nSPS) is 10.9. The minimum Gasteiger partial charge on any atom is -0.493 e. The van der Waals surface area contributed by atoms with Crippen molar-refractivity contribution in [1.29, 1.82) is 0 Å². The van der Waals surface area contributed by atoms with Crippen LogP contribution in [0.4, 0.5) is 10.3 Å². The van der Waals surface area contributed by atoms with Gasteiger partial charge in [0.15, 0.2) is 21.8 Å². The Morgan fingerprint density at radius 2 is 1.80 bits per heavy atom. The zero-order valence-electron chi connectivity index (χ0n) is 14.8. The first-order valence-electron chi connectivity index (χ1n) is 8.14. The second-order valence-corrected chi connectivity index (χ2v) is 7.45. The molecule has 1 aromatic carbocycles. The Balaban J connectivity index is 1.73. The van der Waals surface area contributed by atoms with Crippen LogP contribution in [-0.4, -0.2) is 37.3 Å². The molecule has 0 unspecified atom stereocenters. The fraction of sp³-hybridized carbons (Fsp3) is 0.412. The van der Waals surface area contributed by atoms with Crippen LogP contribution >= 0.6 is 22.7 Å². The fourth-order valence-corrected chi connectivity index (χ4v) is 4.36. The number of rotatable bonds is 8. The number of thiazole rings is 2. The predicted molar refractivity (Wildman–Crippen MR) is 106 cm³/mol. The van der Waals surface area contributed by atoms with E-state index in [4.69, 9.17) is 9.47 Å². The van der Waals surface area contributed by atoms with Crippen LogP contribution in [0.1, 0.15) is 18.7 Å². The maximum Gasteiger partial charge on any atom is 0.185 e. The summed E-state index contributed by atoms with van der Waals surface area (Å²) in [5, 5.41) is 5.34. The molecule has 0 aliphatic carbocycles. The van der Waals surface area contributed by atoms with Gasteiger partial charge in [0.2, 0.25) is 0 Å². The van der Waals surface area contributed by atoms with Crippen molar-refractivity contribution >= 4 is 43.2 Å². The van der Waals surface area contributed by atoms with Crippen molar-refractivity contribution in [2.75, 3.05) is 37.5 Å². The van der Waals surface area contributed by atoms with Crippen LogP contribution < -0.4 is 19.7 Å². The van der Waals surface area contributed by atoms with Crippen molar-refractivity contribution in [3.63, 3.8) is 0 Å². The highest BCUT2D eigenvalue weighted by molar-refractivity contribution is 7.22. The molecular weight excluding hydrogens is 356 g/mol. The summed E-state index contributed by atoms with van der Waals surface area (Å²) < 4.78 is 11.8. The molecule has 0 aliphatic rings. The molecule has 0 saturated carbocycles. The van der Waals surface area contributed by atoms with Gasteiger partial charge in [0, 0.05) is 36.3 Å². The quantitative estimate of drug-likeness (QED) is 0.633. The van der Waals surface area contributed by atoms with Gasteiger partial charge >= 0.3 is 0 Å². The molecular formula is C17H22N4O2S2. The molecule has 1 N–H and O–H groups in total. The molecule has 3 aromatic rings. The SMILES string of the molecule is CCN(CC)c1ncc(CNc2nc3cc(OC)c(OC)cc3s2)s1. The standard InChI is InChI=1S/C17H22N4O2S2/c1-5-21(6-2)17-19-10-11(24-17)9-18-16-20-12-7-13(22-3)14(23-4)8-15(12)25-16/h7-8,10H,5-6,9H2,1-4H3,(H,18,20). The van der Waals surface area contributed by atoms with Crippen molar-refractivity contribution in [2.45, 2.75) is 20.4 Å². The third kappa shape index (κ3) is 3.80. The molecule has 0 radical (unpaired) electrons. The lowest BCUT2D eigenvalue weighted by Gasteiger charge is -2.16. The largest absolute Gasteiger partial charge is 0.493 e. The molecule has 0 atom stereocenters. The topological polar surface area (TPSA) is 59.5 Å². The number of nitrogens with one attached hydrogen (secondary N) is 1. The summed E-state index contributed by atoms with van der Waals surface area (Å²) in [4.78, 5) is 12.6. The fourth-order valence-electron chi connectivity index (χ4n) is 2.51. The van der Waals surface area contributed by atoms with E-state index in [9.17, 15) is 0 Å². The van der Waals surface area contributed by atoms with E-state index in [0.29, 0.717) is 12.3 Å². The Hall–Kier alpha value is -2.06. The third-order valence-electron chi connectivity index (χ3n) is 3.88. The summed E-state index contributed by atoms with van der Waals surface area (Å²) in [7, 11) is 3.27. The Morgan fingerprint density at radius 3 is 2.48 bits per heavy atom. The van der Waals surface area contributed by atoms with Crippen LogP contribution in [0.25, 0.3) is 10.2 Å². The van der Waals surface area contributed by atoms with Gasteiger partial charge in [-0.15, -0.1) is 11.3 Å². The molecule has 0 amide bonds. The number of hydrogen-bond donors (Lipinski definition) is 1. The molecule has 2 heterocycles. The molecule has 0 bridgehead atoms. The van der Waals surface area contributed by atoms with Crippen LogP contribution in [0.5, 0.6) is 11.5 Å². The number of methoxy groups -OCH3 is 2. The van der Waals surface area contributed by atoms with E-state index in [0.717, 1.165) is 39.3 Å². The molecule has 8 heteroatoms. The van der Waals surface area contributed by atoms with Crippen molar-refractivity contribution in [2.24, 2.45) is 0 Å². The zero-order chi connectivity index (χ0) is 17.8. The lowest BCUT2D eigenvalue weighted by atomic mass is 10.3. The maximum atomic E-state index is 5.35. The number of hydrogen-bond acceptors (Lipinski definition) is 8. The van der Waals surface area contributed by atoms with Crippen LogP contribution in [0, 0.1) is 0 Å². The van der Waals surface area contributed by atoms with Gasteiger partial charge in [-0.25, -0.2) is 9.97 Å². The first-order valence-corrected chi connectivity index (χ1v) is 9.77. The van der Waals surface area contributed by atoms with Crippen LogP contribution in [0.3, 0.4) is 0 Å². The van der Waals surface area contributed by atoms with Gasteiger partial charge < -0.3 is 19.7 Å². The number of ether oxygens (including phenoxy) is 2. The van der Waals surface area contributed by atoms with Gasteiger partial charge in [-0.2, -0.15) is 0 Å². The molecule has 0 fully saturated rings. The lowest BCUT2D eigenvalue weighted by molar-refractivity contribution is 0.356. The Bertz CT molecular complexity index is 801. The minimum absolute atomic E-state index is 0.693. The van der Waals surface area contributed by atoms with E-state index >= 15 is 0 Å². The summed E-state index contributed by atoms with van der Waals surface area (Å²) in [5.74, 6) is 1.41. The van der Waals surface area contributed by atoms with Crippen LogP contribution in [0.15, 0.2) is 18.3 Å². The molecule has 2 aromatic heterocycles. The van der Waals surface area contributed by atoms with Crippen molar-refractivity contribution in [3.05, 3.63) is 23.2 Å². The van der Waals surface area contributed by atoms with E-state index in [-0.39, 0.29) is 0 Å². The maximum absolute atomic E-state index is 5.35. The summed E-state index contributed by atoms with van der Waals surface area (Å²) in [6.07, 6.45) is 1.94. The summed E-state index contributed by atoms with van der Waals surface area (Å²) in [6.45, 7) is 6.95. The first-order chi connectivity index (χ1) is 12.2. The van der Waals surface area contributed by atoms with Gasteiger partial charge in [-0.3, -0.25) is 0 Å². The molecule has 3 rings (SSSR count). The number of benzene rings is 1. The average molecular weight is 379 g/mol. The molecule has 6 nitrogen and oxygen atoms in total. The number of nitrogens with zero attached hydrogens (tertiary/aromatic N) is 3. The van der Waals surface area contributed by atoms with E-state index in [1.165, 1.54) is 4.88 Å². The van der Waals surface area contributed by atoms with E-state index in [1.54, 1.807) is 36.9 Å². The van der Waals surface area contributed by atoms with Gasteiger partial charge in [-0.1, -0.05) is 11.3 Å². The van der Waals surface area contributed by atoms with Gasteiger partial charge in [0.25, 0.3) is 0 Å². The van der Waals surface area contributed by atoms with Crippen LogP contribution in [-0.2, 0) is 6.54 Å². The highest BCUT2D eigenvalue weighted by Gasteiger charge is 2.12. The van der Waals surface area contributed by atoms with Crippen molar-refractivity contribution in [1.82, 2.24) is 9.97 Å². The second kappa shape index (κ2) is 7.88. The third-order valence-corrected chi connectivity index (χ3v) is 5.92. The van der Waals surface area contributed by atoms with E-state index < -0.39 is 0 Å². The molecule has 0 saturated heterocycles. The van der Waals surface area contributed by atoms with Crippen LogP contribution in [0.2, 0.25) is 0 Å². The molecule has 0 aliphatic heterocycles. The van der Waals surface area contributed by atoms with Gasteiger partial charge in [0.1, 0.15) is 0 Å². The highest BCUT2D eigenvalue weighted by Crippen LogP contribution is 2.36. The zero-order valence-corrected chi connectivity index (χ0v) is 16.5. The molecule has 0 spiro atoms. The predicted octanol–water partition coefficient (Wildman–Crippen LogP) is 4.23.